The van der Waals surface area contributed by atoms with Gasteiger partial charge in [-0.2, -0.15) is 0 Å². The molecule has 1 heterocycles. The molecule has 1 aliphatic rings. The molecule has 1 aliphatic heterocycles. The van der Waals surface area contributed by atoms with Crippen molar-refractivity contribution in [3.05, 3.63) is 58.6 Å². The topological polar surface area (TPSA) is 44.8 Å². The zero-order valence-electron chi connectivity index (χ0n) is 15.7. The first-order chi connectivity index (χ1) is 13.1. The molecule has 1 N–H and O–H groups in total. The van der Waals surface area contributed by atoms with E-state index < -0.39 is 0 Å². The monoisotopic (exact) mass is 431 g/mol. The fourth-order valence-corrected chi connectivity index (χ4v) is 3.51. The summed E-state index contributed by atoms with van der Waals surface area (Å²) in [6.45, 7) is 4.40. The zero-order valence-corrected chi connectivity index (χ0v) is 17.2. The number of benzene rings is 2. The van der Waals surface area contributed by atoms with Gasteiger partial charge in [0.05, 0.1) is 7.11 Å². The van der Waals surface area contributed by atoms with Crippen LogP contribution in [0.3, 0.4) is 0 Å². The summed E-state index contributed by atoms with van der Waals surface area (Å²) in [7, 11) is 1.66. The average Bonchev–Trinajstić information content (AvgIpc) is 3.20. The number of hydrogen-bond donors (Lipinski definition) is 1. The van der Waals surface area contributed by atoms with Crippen LogP contribution in [0.15, 0.2) is 53.0 Å². The maximum atomic E-state index is 12.9. The van der Waals surface area contributed by atoms with E-state index in [-0.39, 0.29) is 6.03 Å². The van der Waals surface area contributed by atoms with E-state index in [1.807, 2.05) is 53.4 Å². The summed E-state index contributed by atoms with van der Waals surface area (Å²) in [6, 6.07) is 15.4. The number of halogens is 1. The lowest BCUT2D eigenvalue weighted by Gasteiger charge is -2.26. The molecule has 2 aromatic carbocycles. The first-order valence-electron chi connectivity index (χ1n) is 9.31. The normalized spacial score (nSPS) is 14.1. The Bertz CT molecular complexity index is 745. The van der Waals surface area contributed by atoms with E-state index in [1.165, 1.54) is 12.8 Å². The van der Waals surface area contributed by atoms with Crippen LogP contribution >= 0.6 is 15.9 Å². The number of methoxy groups -OCH3 is 1. The van der Waals surface area contributed by atoms with Gasteiger partial charge in [-0.25, -0.2) is 4.79 Å². The number of carbonyl (C=O) groups excluding carboxylic acids is 1. The van der Waals surface area contributed by atoms with Crippen LogP contribution in [-0.2, 0) is 6.54 Å². The summed E-state index contributed by atoms with van der Waals surface area (Å²) in [6.07, 6.45) is 2.50. The van der Waals surface area contributed by atoms with Gasteiger partial charge < -0.3 is 19.9 Å². The van der Waals surface area contributed by atoms with E-state index in [0.29, 0.717) is 13.1 Å². The van der Waals surface area contributed by atoms with Gasteiger partial charge in [-0.3, -0.25) is 0 Å². The maximum absolute atomic E-state index is 12.9. The Labute approximate surface area is 169 Å². The number of likely N-dealkylation sites (tertiary alicyclic amines) is 1. The third-order valence-electron chi connectivity index (χ3n) is 4.78. The minimum absolute atomic E-state index is 0.0839. The number of anilines is 1. The highest BCUT2D eigenvalue weighted by Gasteiger charge is 2.18. The van der Waals surface area contributed by atoms with Gasteiger partial charge in [-0.1, -0.05) is 28.1 Å². The number of nitrogens with one attached hydrogen (secondary N) is 1. The molecule has 6 heteroatoms. The molecule has 0 spiro atoms. The van der Waals surface area contributed by atoms with Crippen LogP contribution < -0.4 is 10.1 Å². The molecule has 5 nitrogen and oxygen atoms in total. The zero-order chi connectivity index (χ0) is 19.1. The molecule has 1 saturated heterocycles. The van der Waals surface area contributed by atoms with Gasteiger partial charge in [-0.15, -0.1) is 0 Å². The van der Waals surface area contributed by atoms with Gasteiger partial charge in [0.25, 0.3) is 0 Å². The van der Waals surface area contributed by atoms with E-state index in [4.69, 9.17) is 4.74 Å². The summed E-state index contributed by atoms with van der Waals surface area (Å²) in [4.78, 5) is 17.2. The van der Waals surface area contributed by atoms with Crippen molar-refractivity contribution in [1.29, 1.82) is 0 Å². The molecule has 2 aromatic rings. The molecular formula is C21H26BrN3O2. The second kappa shape index (κ2) is 9.76. The van der Waals surface area contributed by atoms with Crippen molar-refractivity contribution in [2.75, 3.05) is 38.6 Å². The minimum Gasteiger partial charge on any atom is -0.497 e. The van der Waals surface area contributed by atoms with Crippen LogP contribution in [0.25, 0.3) is 0 Å². The van der Waals surface area contributed by atoms with Gasteiger partial charge in [0.15, 0.2) is 0 Å². The highest BCUT2D eigenvalue weighted by atomic mass is 79.9. The Kier molecular flexibility index (Phi) is 7.12. The van der Waals surface area contributed by atoms with Crippen LogP contribution in [0.5, 0.6) is 5.75 Å². The van der Waals surface area contributed by atoms with E-state index in [2.05, 4.69) is 26.1 Å². The van der Waals surface area contributed by atoms with Gasteiger partial charge >= 0.3 is 6.03 Å². The smallest absolute Gasteiger partial charge is 0.322 e. The van der Waals surface area contributed by atoms with Crippen molar-refractivity contribution in [1.82, 2.24) is 9.80 Å². The van der Waals surface area contributed by atoms with Crippen LogP contribution in [0.4, 0.5) is 10.5 Å². The number of hydrogen-bond acceptors (Lipinski definition) is 3. The van der Waals surface area contributed by atoms with Crippen LogP contribution in [0.2, 0.25) is 0 Å². The Morgan fingerprint density at radius 1 is 1.19 bits per heavy atom. The fourth-order valence-electron chi connectivity index (χ4n) is 3.25. The molecule has 0 unspecified atom stereocenters. The fraction of sp³-hybridized carbons (Fsp3) is 0.381. The minimum atomic E-state index is -0.0839. The Balaban J connectivity index is 1.68. The quantitative estimate of drug-likeness (QED) is 0.696. The second-order valence-corrected chi connectivity index (χ2v) is 7.67. The molecule has 0 saturated carbocycles. The molecule has 0 bridgehead atoms. The maximum Gasteiger partial charge on any atom is 0.322 e. The number of rotatable bonds is 7. The standard InChI is InChI=1S/C21H26BrN3O2/c1-27-20-6-4-5-17(15-20)16-25(14-13-24-11-2-3-12-24)21(26)23-19-9-7-18(22)8-10-19/h4-10,15H,2-3,11-14,16H2,1H3,(H,23,26). The van der Waals surface area contributed by atoms with E-state index in [0.717, 1.165) is 41.1 Å². The Morgan fingerprint density at radius 3 is 2.63 bits per heavy atom. The molecule has 1 fully saturated rings. The third-order valence-corrected chi connectivity index (χ3v) is 5.30. The predicted octanol–water partition coefficient (Wildman–Crippen LogP) is 4.59. The first kappa shape index (κ1) is 19.7. The van der Waals surface area contributed by atoms with Crippen LogP contribution in [0, 0.1) is 0 Å². The molecule has 0 radical (unpaired) electrons. The lowest BCUT2D eigenvalue weighted by Crippen LogP contribution is -2.39. The molecular weight excluding hydrogens is 406 g/mol. The van der Waals surface area contributed by atoms with Gasteiger partial charge in [0, 0.05) is 29.8 Å². The summed E-state index contributed by atoms with van der Waals surface area (Å²) >= 11 is 3.42. The van der Waals surface area contributed by atoms with E-state index >= 15 is 0 Å². The summed E-state index contributed by atoms with van der Waals surface area (Å²) < 4.78 is 6.30. The van der Waals surface area contributed by atoms with Crippen LogP contribution in [0.1, 0.15) is 18.4 Å². The van der Waals surface area contributed by atoms with Crippen molar-refractivity contribution in [2.24, 2.45) is 0 Å². The van der Waals surface area contributed by atoms with Crippen molar-refractivity contribution in [3.63, 3.8) is 0 Å². The number of amides is 2. The third kappa shape index (κ3) is 5.97. The van der Waals surface area contributed by atoms with Crippen molar-refractivity contribution in [3.8, 4) is 5.75 Å². The lowest BCUT2D eigenvalue weighted by molar-refractivity contribution is 0.198. The van der Waals surface area contributed by atoms with Gasteiger partial charge in [0.1, 0.15) is 5.75 Å². The van der Waals surface area contributed by atoms with Crippen LogP contribution in [-0.4, -0.2) is 49.1 Å². The van der Waals surface area contributed by atoms with E-state index in [9.17, 15) is 4.79 Å². The molecule has 2 amide bonds. The largest absolute Gasteiger partial charge is 0.497 e. The molecule has 3 rings (SSSR count). The number of urea groups is 1. The van der Waals surface area contributed by atoms with Crippen molar-refractivity contribution in [2.45, 2.75) is 19.4 Å². The van der Waals surface area contributed by atoms with Crippen molar-refractivity contribution < 1.29 is 9.53 Å². The summed E-state index contributed by atoms with van der Waals surface area (Å²) in [5.74, 6) is 0.806. The lowest BCUT2D eigenvalue weighted by atomic mass is 10.2. The first-order valence-corrected chi connectivity index (χ1v) is 10.1. The number of ether oxygens (including phenoxy) is 1. The Hall–Kier alpha value is -2.05. The predicted molar refractivity (Wildman–Crippen MR) is 112 cm³/mol. The molecule has 27 heavy (non-hydrogen) atoms. The second-order valence-electron chi connectivity index (χ2n) is 6.76. The average molecular weight is 432 g/mol. The molecule has 0 aliphatic carbocycles. The van der Waals surface area contributed by atoms with Gasteiger partial charge in [-0.05, 0) is 67.9 Å². The summed E-state index contributed by atoms with van der Waals surface area (Å²) in [5, 5.41) is 3.01. The highest BCUT2D eigenvalue weighted by Crippen LogP contribution is 2.17. The molecule has 144 valence electrons. The van der Waals surface area contributed by atoms with Crippen molar-refractivity contribution >= 4 is 27.6 Å². The van der Waals surface area contributed by atoms with E-state index in [1.54, 1.807) is 7.11 Å². The molecule has 0 atom stereocenters. The highest BCUT2D eigenvalue weighted by molar-refractivity contribution is 9.10. The Morgan fingerprint density at radius 2 is 1.93 bits per heavy atom. The summed E-state index contributed by atoms with van der Waals surface area (Å²) in [5.41, 5.74) is 1.85. The SMILES string of the molecule is COc1cccc(CN(CCN2CCCC2)C(=O)Nc2ccc(Br)cc2)c1. The number of carbonyl (C=O) groups is 1. The molecule has 0 aromatic heterocycles. The van der Waals surface area contributed by atoms with Gasteiger partial charge in [0.2, 0.25) is 0 Å². The number of nitrogens with zero attached hydrogens (tertiary/aromatic N) is 2.